The Balaban J connectivity index is 1.41. The first-order valence-corrected chi connectivity index (χ1v) is 10.9. The van der Waals surface area contributed by atoms with Crippen molar-refractivity contribution in [2.45, 2.75) is 12.6 Å². The molecule has 2 bridgehead atoms. The van der Waals surface area contributed by atoms with Gasteiger partial charge in [-0.25, -0.2) is 18.2 Å². The van der Waals surface area contributed by atoms with Crippen LogP contribution in [-0.2, 0) is 4.74 Å². The molecule has 0 aliphatic carbocycles. The zero-order chi connectivity index (χ0) is 23.4. The first-order valence-electron chi connectivity index (χ1n) is 10.9. The van der Waals surface area contributed by atoms with Crippen LogP contribution in [0.1, 0.15) is 6.42 Å². The Bertz CT molecular complexity index is 1300. The zero-order valence-corrected chi connectivity index (χ0v) is 18.3. The van der Waals surface area contributed by atoms with Crippen molar-refractivity contribution in [2.75, 3.05) is 37.0 Å². The number of allylic oxidation sites excluding steroid dienone is 1. The lowest BCUT2D eigenvalue weighted by Gasteiger charge is -2.54. The van der Waals surface area contributed by atoms with Gasteiger partial charge in [0.15, 0.2) is 11.6 Å². The summed E-state index contributed by atoms with van der Waals surface area (Å²) in [6.07, 6.45) is 8.08. The van der Waals surface area contributed by atoms with Gasteiger partial charge in [0.05, 0.1) is 23.6 Å². The predicted molar refractivity (Wildman–Crippen MR) is 122 cm³/mol. The molecule has 1 aromatic heterocycles. The van der Waals surface area contributed by atoms with E-state index in [9.17, 15) is 13.2 Å². The second-order valence-electron chi connectivity index (χ2n) is 8.38. The van der Waals surface area contributed by atoms with Crippen molar-refractivity contribution in [1.29, 1.82) is 0 Å². The fraction of sp³-hybridized carbons (Fsp3) is 0.250. The molecule has 1 saturated heterocycles. The summed E-state index contributed by atoms with van der Waals surface area (Å²) >= 11 is 0. The third-order valence-corrected chi connectivity index (χ3v) is 6.43. The maximum Gasteiger partial charge on any atom is 0.161 e. The van der Waals surface area contributed by atoms with Crippen molar-refractivity contribution in [2.24, 2.45) is 4.99 Å². The number of aromatic nitrogens is 1. The van der Waals surface area contributed by atoms with Gasteiger partial charge < -0.3 is 24.8 Å². The fourth-order valence-electron chi connectivity index (χ4n) is 4.83. The number of fused-ring (bicyclic) bond motifs is 3. The number of hydrogen-bond donors (Lipinski definition) is 1. The number of hydrogen-bond acceptors (Lipinski definition) is 7. The van der Waals surface area contributed by atoms with Gasteiger partial charge in [-0.1, -0.05) is 0 Å². The third kappa shape index (κ3) is 3.25. The van der Waals surface area contributed by atoms with Gasteiger partial charge in [-0.3, -0.25) is 4.99 Å². The first-order chi connectivity index (χ1) is 16.5. The highest BCUT2D eigenvalue weighted by Gasteiger charge is 2.43. The van der Waals surface area contributed by atoms with Crippen LogP contribution >= 0.6 is 0 Å². The number of ether oxygens (including phenoxy) is 1. The standard InChI is InChI=1S/C24H21F3N6O/c1-34-22-13-31-6-7-32(22)23-16-11-28-4-2-14(16)12-33(24(23)31)15-3-5-29-21(8-15)30-20-10-18(26)17(25)9-19(20)27/h3-5,8-12,22H,2,6-7,13H2,1H3,(H,29,30). The molecule has 1 unspecified atom stereocenters. The summed E-state index contributed by atoms with van der Waals surface area (Å²) in [4.78, 5) is 15.3. The molecule has 174 valence electrons. The molecule has 7 nitrogen and oxygen atoms in total. The summed E-state index contributed by atoms with van der Waals surface area (Å²) < 4.78 is 46.9. The Morgan fingerprint density at radius 2 is 1.94 bits per heavy atom. The largest absolute Gasteiger partial charge is 0.360 e. The van der Waals surface area contributed by atoms with E-state index in [0.29, 0.717) is 18.3 Å². The highest BCUT2D eigenvalue weighted by atomic mass is 19.2. The molecule has 6 heterocycles. The van der Waals surface area contributed by atoms with E-state index in [4.69, 9.17) is 4.74 Å². The molecule has 34 heavy (non-hydrogen) atoms. The van der Waals surface area contributed by atoms with E-state index < -0.39 is 17.5 Å². The average molecular weight is 466 g/mol. The summed E-state index contributed by atoms with van der Waals surface area (Å²) in [5, 5.41) is 2.77. The van der Waals surface area contributed by atoms with Crippen LogP contribution in [0.4, 0.5) is 30.4 Å². The Kier molecular flexibility index (Phi) is 4.84. The van der Waals surface area contributed by atoms with E-state index in [2.05, 4.69) is 36.2 Å². The molecule has 0 radical (unpaired) electrons. The number of nitrogens with zero attached hydrogens (tertiary/aromatic N) is 5. The van der Waals surface area contributed by atoms with E-state index in [-0.39, 0.29) is 11.9 Å². The lowest BCUT2D eigenvalue weighted by Crippen LogP contribution is -2.61. The molecule has 1 atom stereocenters. The van der Waals surface area contributed by atoms with Crippen LogP contribution < -0.4 is 10.2 Å². The number of rotatable bonds is 4. The number of halogens is 3. The molecule has 1 aromatic carbocycles. The SMILES string of the molecule is COC1CN2CCN1C1=C2N(c2ccnc(Nc3cc(F)c(F)cc3F)c2)C=C2CC=NC=C21. The number of methoxy groups -OCH3 is 1. The van der Waals surface area contributed by atoms with Gasteiger partial charge in [0.2, 0.25) is 0 Å². The molecule has 7 rings (SSSR count). The van der Waals surface area contributed by atoms with Crippen molar-refractivity contribution < 1.29 is 17.9 Å². The van der Waals surface area contributed by atoms with Gasteiger partial charge in [0.1, 0.15) is 23.7 Å². The van der Waals surface area contributed by atoms with E-state index in [1.807, 2.05) is 18.5 Å². The fourth-order valence-corrected chi connectivity index (χ4v) is 4.83. The zero-order valence-electron chi connectivity index (χ0n) is 18.3. The minimum absolute atomic E-state index is 0.0495. The number of nitrogens with one attached hydrogen (secondary N) is 1. The van der Waals surface area contributed by atoms with E-state index in [1.54, 1.807) is 19.4 Å². The quantitative estimate of drug-likeness (QED) is 0.686. The molecule has 10 heteroatoms. The Labute approximate surface area is 194 Å². The van der Waals surface area contributed by atoms with Gasteiger partial charge in [0, 0.05) is 75.2 Å². The number of pyridine rings is 1. The van der Waals surface area contributed by atoms with Crippen LogP contribution in [0.15, 0.2) is 70.5 Å². The van der Waals surface area contributed by atoms with E-state index >= 15 is 0 Å². The van der Waals surface area contributed by atoms with Gasteiger partial charge >= 0.3 is 0 Å². The van der Waals surface area contributed by atoms with Crippen molar-refractivity contribution >= 4 is 23.4 Å². The van der Waals surface area contributed by atoms with E-state index in [1.165, 1.54) is 0 Å². The third-order valence-electron chi connectivity index (χ3n) is 6.43. The number of benzene rings is 1. The minimum atomic E-state index is -1.24. The van der Waals surface area contributed by atoms with Crippen LogP contribution in [0.2, 0.25) is 0 Å². The van der Waals surface area contributed by atoms with Crippen molar-refractivity contribution in [3.8, 4) is 0 Å². The number of aliphatic imine (C=N–C) groups is 1. The highest BCUT2D eigenvalue weighted by Crippen LogP contribution is 2.44. The molecule has 5 aliphatic heterocycles. The van der Waals surface area contributed by atoms with Gasteiger partial charge in [-0.2, -0.15) is 0 Å². The van der Waals surface area contributed by atoms with Crippen molar-refractivity contribution in [3.63, 3.8) is 0 Å². The predicted octanol–water partition coefficient (Wildman–Crippen LogP) is 4.08. The molecular formula is C24H21F3N6O. The van der Waals surface area contributed by atoms with Crippen molar-refractivity contribution in [3.05, 3.63) is 83.0 Å². The normalized spacial score (nSPS) is 20.8. The summed E-state index contributed by atoms with van der Waals surface area (Å²) in [5.41, 5.74) is 3.87. The van der Waals surface area contributed by atoms with Crippen LogP contribution in [0.25, 0.3) is 0 Å². The summed E-state index contributed by atoms with van der Waals surface area (Å²) in [7, 11) is 1.72. The number of piperazine rings is 1. The molecule has 0 saturated carbocycles. The molecule has 0 amide bonds. The molecule has 1 N–H and O–H groups in total. The maximum atomic E-state index is 14.2. The maximum absolute atomic E-state index is 14.2. The van der Waals surface area contributed by atoms with Crippen LogP contribution in [-0.4, -0.2) is 54.0 Å². The molecule has 1 fully saturated rings. The van der Waals surface area contributed by atoms with Gasteiger partial charge in [-0.15, -0.1) is 0 Å². The Morgan fingerprint density at radius 1 is 1.09 bits per heavy atom. The Hall–Kier alpha value is -3.79. The minimum Gasteiger partial charge on any atom is -0.360 e. The summed E-state index contributed by atoms with van der Waals surface area (Å²) in [5.74, 6) is -1.96. The second kappa shape index (κ2) is 7.91. The second-order valence-corrected chi connectivity index (χ2v) is 8.38. The molecule has 5 aliphatic rings. The van der Waals surface area contributed by atoms with Crippen LogP contribution in [0.3, 0.4) is 0 Å². The number of anilines is 3. The smallest absolute Gasteiger partial charge is 0.161 e. The van der Waals surface area contributed by atoms with Crippen LogP contribution in [0.5, 0.6) is 0 Å². The summed E-state index contributed by atoms with van der Waals surface area (Å²) in [6.45, 7) is 2.42. The van der Waals surface area contributed by atoms with Crippen LogP contribution in [0, 0.1) is 17.5 Å². The van der Waals surface area contributed by atoms with Gasteiger partial charge in [-0.05, 0) is 11.6 Å². The summed E-state index contributed by atoms with van der Waals surface area (Å²) in [6, 6.07) is 4.90. The first kappa shape index (κ1) is 20.8. The van der Waals surface area contributed by atoms with Crippen molar-refractivity contribution in [1.82, 2.24) is 14.8 Å². The Morgan fingerprint density at radius 3 is 2.79 bits per heavy atom. The molecule has 0 spiro atoms. The van der Waals surface area contributed by atoms with Gasteiger partial charge in [0.25, 0.3) is 0 Å². The average Bonchev–Trinajstić information content (AvgIpc) is 2.87. The lowest BCUT2D eigenvalue weighted by atomic mass is 9.93. The lowest BCUT2D eigenvalue weighted by molar-refractivity contribution is -0.0730. The van der Waals surface area contributed by atoms with E-state index in [0.717, 1.165) is 54.1 Å². The highest BCUT2D eigenvalue weighted by molar-refractivity contribution is 5.75. The molecule has 2 aromatic rings. The topological polar surface area (TPSA) is 56.2 Å². The monoisotopic (exact) mass is 466 g/mol. The molecular weight excluding hydrogens is 445 g/mol.